The molecule has 18 heavy (non-hydrogen) atoms. The van der Waals surface area contributed by atoms with Gasteiger partial charge >= 0.3 is 0 Å². The molecule has 1 aliphatic rings. The van der Waals surface area contributed by atoms with Crippen LogP contribution >= 0.6 is 27.3 Å². The van der Waals surface area contributed by atoms with Gasteiger partial charge in [-0.15, -0.1) is 11.3 Å². The summed E-state index contributed by atoms with van der Waals surface area (Å²) in [6, 6.07) is 1.76. The molecule has 102 valence electrons. The highest BCUT2D eigenvalue weighted by Gasteiger charge is 2.34. The highest BCUT2D eigenvalue weighted by molar-refractivity contribution is 9.11. The second-order valence-electron chi connectivity index (χ2n) is 5.18. The Morgan fingerprint density at radius 1 is 1.50 bits per heavy atom. The maximum atomic E-state index is 12.5. The summed E-state index contributed by atoms with van der Waals surface area (Å²) in [4.78, 5) is 0. The van der Waals surface area contributed by atoms with Gasteiger partial charge < -0.3 is 0 Å². The normalized spacial score (nSPS) is 21.9. The monoisotopic (exact) mass is 351 g/mol. The Bertz CT molecular complexity index is 517. The molecule has 1 saturated heterocycles. The largest absolute Gasteiger partial charge is 0.252 e. The molecule has 2 heterocycles. The van der Waals surface area contributed by atoms with Crippen molar-refractivity contribution < 1.29 is 8.42 Å². The van der Waals surface area contributed by atoms with E-state index in [2.05, 4.69) is 29.8 Å². The predicted octanol–water partition coefficient (Wildman–Crippen LogP) is 3.49. The lowest BCUT2D eigenvalue weighted by molar-refractivity contribution is 0.389. The zero-order valence-electron chi connectivity index (χ0n) is 10.8. The van der Waals surface area contributed by atoms with Crippen LogP contribution in [0.4, 0.5) is 0 Å². The topological polar surface area (TPSA) is 37.4 Å². The first-order valence-corrected chi connectivity index (χ1v) is 9.13. The highest BCUT2D eigenvalue weighted by atomic mass is 79.9. The molecule has 1 unspecified atom stereocenters. The summed E-state index contributed by atoms with van der Waals surface area (Å²) in [6.07, 6.45) is 0.975. The quantitative estimate of drug-likeness (QED) is 0.835. The molecule has 0 saturated carbocycles. The number of sulfonamides is 1. The van der Waals surface area contributed by atoms with Crippen LogP contribution in [0.1, 0.15) is 25.8 Å². The molecule has 1 aliphatic heterocycles. The number of rotatable bonds is 3. The van der Waals surface area contributed by atoms with Crippen molar-refractivity contribution in [2.24, 2.45) is 11.8 Å². The molecule has 0 N–H and O–H groups in total. The highest BCUT2D eigenvalue weighted by Crippen LogP contribution is 2.35. The lowest BCUT2D eigenvalue weighted by Gasteiger charge is -2.17. The SMILES string of the molecule is Cc1cc(S(=O)(=O)N2CCC(C(C)C)C2)sc1Br. The van der Waals surface area contributed by atoms with Gasteiger partial charge in [-0.3, -0.25) is 0 Å². The van der Waals surface area contributed by atoms with Gasteiger partial charge in [0.1, 0.15) is 4.21 Å². The van der Waals surface area contributed by atoms with Gasteiger partial charge in [0.2, 0.25) is 0 Å². The molecule has 0 spiro atoms. The molecular weight excluding hydrogens is 334 g/mol. The van der Waals surface area contributed by atoms with Crippen LogP contribution in [0.3, 0.4) is 0 Å². The van der Waals surface area contributed by atoms with E-state index in [9.17, 15) is 8.42 Å². The summed E-state index contributed by atoms with van der Waals surface area (Å²) < 4.78 is 28.0. The zero-order valence-corrected chi connectivity index (χ0v) is 14.0. The molecule has 2 rings (SSSR count). The Morgan fingerprint density at radius 3 is 2.61 bits per heavy atom. The lowest BCUT2D eigenvalue weighted by Crippen LogP contribution is -2.28. The zero-order chi connectivity index (χ0) is 13.5. The minimum atomic E-state index is -3.28. The first kappa shape index (κ1) is 14.5. The summed E-state index contributed by atoms with van der Waals surface area (Å²) in [5.74, 6) is 1.03. The molecule has 0 aliphatic carbocycles. The molecule has 0 radical (unpaired) electrons. The van der Waals surface area contributed by atoms with E-state index in [0.717, 1.165) is 15.8 Å². The number of thiophene rings is 1. The molecule has 3 nitrogen and oxygen atoms in total. The Morgan fingerprint density at radius 2 is 2.17 bits per heavy atom. The van der Waals surface area contributed by atoms with Crippen LogP contribution in [0.15, 0.2) is 14.1 Å². The second-order valence-corrected chi connectivity index (χ2v) is 9.71. The van der Waals surface area contributed by atoms with Gasteiger partial charge in [-0.1, -0.05) is 13.8 Å². The Balaban J connectivity index is 2.23. The summed E-state index contributed by atoms with van der Waals surface area (Å²) in [7, 11) is -3.28. The fourth-order valence-electron chi connectivity index (χ4n) is 2.20. The number of nitrogens with zero attached hydrogens (tertiary/aromatic N) is 1. The molecule has 6 heteroatoms. The maximum absolute atomic E-state index is 12.5. The molecule has 0 aromatic carbocycles. The summed E-state index contributed by atoms with van der Waals surface area (Å²) in [6.45, 7) is 7.55. The Hall–Kier alpha value is 0.0900. The third-order valence-electron chi connectivity index (χ3n) is 3.56. The fraction of sp³-hybridized carbons (Fsp3) is 0.667. The minimum Gasteiger partial charge on any atom is -0.206 e. The van der Waals surface area contributed by atoms with Crippen LogP contribution in [-0.2, 0) is 10.0 Å². The van der Waals surface area contributed by atoms with Crippen molar-refractivity contribution in [3.05, 3.63) is 15.4 Å². The smallest absolute Gasteiger partial charge is 0.206 e. The van der Waals surface area contributed by atoms with Gasteiger partial charge in [-0.2, -0.15) is 4.31 Å². The number of hydrogen-bond acceptors (Lipinski definition) is 3. The van der Waals surface area contributed by atoms with Crippen LogP contribution in [-0.4, -0.2) is 25.8 Å². The van der Waals surface area contributed by atoms with Gasteiger partial charge in [0, 0.05) is 13.1 Å². The van der Waals surface area contributed by atoms with Crippen molar-refractivity contribution in [2.75, 3.05) is 13.1 Å². The number of aryl methyl sites for hydroxylation is 1. The van der Waals surface area contributed by atoms with Crippen molar-refractivity contribution >= 4 is 37.3 Å². The van der Waals surface area contributed by atoms with Crippen LogP contribution in [0, 0.1) is 18.8 Å². The van der Waals surface area contributed by atoms with Gasteiger partial charge in [0.25, 0.3) is 10.0 Å². The molecule has 1 aromatic rings. The van der Waals surface area contributed by atoms with Gasteiger partial charge in [0.05, 0.1) is 3.79 Å². The average Bonchev–Trinajstić information content (AvgIpc) is 2.87. The third-order valence-corrected chi connectivity index (χ3v) is 8.01. The van der Waals surface area contributed by atoms with Crippen LogP contribution < -0.4 is 0 Å². The van der Waals surface area contributed by atoms with E-state index < -0.39 is 10.0 Å². The number of hydrogen-bond donors (Lipinski definition) is 0. The van der Waals surface area contributed by atoms with Gasteiger partial charge in [-0.25, -0.2) is 8.42 Å². The standard InChI is InChI=1S/C12H18BrNO2S2/c1-8(2)10-4-5-14(7-10)18(15,16)11-6-9(3)12(13)17-11/h6,8,10H,4-5,7H2,1-3H3. The molecule has 0 amide bonds. The van der Waals surface area contributed by atoms with Crippen LogP contribution in [0.5, 0.6) is 0 Å². The van der Waals surface area contributed by atoms with E-state index in [0.29, 0.717) is 29.1 Å². The first-order valence-electron chi connectivity index (χ1n) is 6.08. The first-order chi connectivity index (χ1) is 8.32. The van der Waals surface area contributed by atoms with Crippen molar-refractivity contribution in [2.45, 2.75) is 31.4 Å². The number of halogens is 1. The van der Waals surface area contributed by atoms with E-state index >= 15 is 0 Å². The van der Waals surface area contributed by atoms with E-state index in [1.54, 1.807) is 10.4 Å². The molecule has 1 aromatic heterocycles. The summed E-state index contributed by atoms with van der Waals surface area (Å²) in [5.41, 5.74) is 0.984. The fourth-order valence-corrected chi connectivity index (χ4v) is 6.10. The molecule has 0 bridgehead atoms. The Labute approximate surface area is 121 Å². The van der Waals surface area contributed by atoms with E-state index in [-0.39, 0.29) is 0 Å². The molecular formula is C12H18BrNO2S2. The average molecular weight is 352 g/mol. The minimum absolute atomic E-state index is 0.455. The predicted molar refractivity (Wildman–Crippen MR) is 78.5 cm³/mol. The van der Waals surface area contributed by atoms with Crippen molar-refractivity contribution in [3.8, 4) is 0 Å². The van der Waals surface area contributed by atoms with Crippen molar-refractivity contribution in [1.82, 2.24) is 4.31 Å². The Kier molecular flexibility index (Phi) is 4.21. The summed E-state index contributed by atoms with van der Waals surface area (Å²) in [5, 5.41) is 0. The summed E-state index contributed by atoms with van der Waals surface area (Å²) >= 11 is 4.69. The second kappa shape index (κ2) is 5.23. The van der Waals surface area contributed by atoms with Crippen LogP contribution in [0.2, 0.25) is 0 Å². The van der Waals surface area contributed by atoms with E-state index in [1.165, 1.54) is 11.3 Å². The van der Waals surface area contributed by atoms with Crippen molar-refractivity contribution in [3.63, 3.8) is 0 Å². The van der Waals surface area contributed by atoms with Gasteiger partial charge in [-0.05, 0) is 52.7 Å². The van der Waals surface area contributed by atoms with Crippen molar-refractivity contribution in [1.29, 1.82) is 0 Å². The molecule has 1 atom stereocenters. The van der Waals surface area contributed by atoms with E-state index in [4.69, 9.17) is 0 Å². The molecule has 1 fully saturated rings. The lowest BCUT2D eigenvalue weighted by atomic mass is 9.96. The maximum Gasteiger partial charge on any atom is 0.252 e. The van der Waals surface area contributed by atoms with Crippen LogP contribution in [0.25, 0.3) is 0 Å². The third kappa shape index (κ3) is 2.66. The van der Waals surface area contributed by atoms with Gasteiger partial charge in [0.15, 0.2) is 0 Å². The van der Waals surface area contributed by atoms with E-state index in [1.807, 2.05) is 6.92 Å².